The zero-order valence-electron chi connectivity index (χ0n) is 21.1. The van der Waals surface area contributed by atoms with Crippen molar-refractivity contribution >= 4 is 23.5 Å². The summed E-state index contributed by atoms with van der Waals surface area (Å²) in [7, 11) is 0. The number of hydrogen-bond acceptors (Lipinski definition) is 7. The quantitative estimate of drug-likeness (QED) is 0.355. The summed E-state index contributed by atoms with van der Waals surface area (Å²) in [6.45, 7) is 16.3. The van der Waals surface area contributed by atoms with Crippen LogP contribution in [0.5, 0.6) is 0 Å². The van der Waals surface area contributed by atoms with Crippen molar-refractivity contribution in [1.82, 2.24) is 0 Å². The molecule has 10 atom stereocenters. The molecule has 6 rings (SSSR count). The van der Waals surface area contributed by atoms with Gasteiger partial charge in [-0.2, -0.15) is 0 Å². The van der Waals surface area contributed by atoms with E-state index >= 15 is 0 Å². The molecule has 6 fully saturated rings. The Bertz CT molecular complexity index is 1180. The summed E-state index contributed by atoms with van der Waals surface area (Å²) in [4.78, 5) is 51.5. The number of fused-ring (bicyclic) bond motifs is 6. The molecule has 0 aromatic carbocycles. The van der Waals surface area contributed by atoms with Crippen molar-refractivity contribution in [3.63, 3.8) is 0 Å². The van der Waals surface area contributed by atoms with Crippen LogP contribution in [0.15, 0.2) is 48.6 Å². The predicted octanol–water partition coefficient (Wildman–Crippen LogP) is 3.42. The minimum atomic E-state index is -1.73. The molecule has 2 aliphatic heterocycles. The Hall–Kier alpha value is -2.80. The van der Waals surface area contributed by atoms with E-state index in [0.717, 1.165) is 11.1 Å². The largest absolute Gasteiger partial charge is 0.458 e. The van der Waals surface area contributed by atoms with Crippen LogP contribution in [0.2, 0.25) is 0 Å². The Morgan fingerprint density at radius 3 is 2.00 bits per heavy atom. The van der Waals surface area contributed by atoms with Gasteiger partial charge in [-0.25, -0.2) is 9.59 Å². The average molecular weight is 507 g/mol. The Labute approximate surface area is 216 Å². The first-order valence-corrected chi connectivity index (χ1v) is 13.5. The lowest BCUT2D eigenvalue weighted by molar-refractivity contribution is -0.155. The summed E-state index contributed by atoms with van der Waals surface area (Å²) in [6, 6.07) is 0. The maximum atomic E-state index is 13.4. The van der Waals surface area contributed by atoms with Gasteiger partial charge in [0.25, 0.3) is 0 Å². The highest BCUT2D eigenvalue weighted by Gasteiger charge is 2.63. The molecule has 1 unspecified atom stereocenters. The van der Waals surface area contributed by atoms with Crippen LogP contribution in [0, 0.1) is 41.4 Å². The molecule has 0 radical (unpaired) electrons. The van der Waals surface area contributed by atoms with Crippen LogP contribution in [0.4, 0.5) is 0 Å². The van der Waals surface area contributed by atoms with Gasteiger partial charge in [-0.05, 0) is 50.4 Å². The number of rotatable bonds is 3. The Morgan fingerprint density at radius 1 is 0.784 bits per heavy atom. The van der Waals surface area contributed by atoms with Gasteiger partial charge in [-0.3, -0.25) is 9.59 Å². The maximum Gasteiger partial charge on any atom is 0.334 e. The molecule has 1 N–H and O–H groups in total. The Balaban J connectivity index is 1.30. The summed E-state index contributed by atoms with van der Waals surface area (Å²) < 4.78 is 11.5. The van der Waals surface area contributed by atoms with Crippen LogP contribution in [0.1, 0.15) is 51.4 Å². The van der Waals surface area contributed by atoms with Crippen molar-refractivity contribution in [3.8, 4) is 0 Å². The number of carbonyl (C=O) groups excluding carboxylic acids is 4. The summed E-state index contributed by atoms with van der Waals surface area (Å²) in [6.07, 6.45) is 2.49. The van der Waals surface area contributed by atoms with Gasteiger partial charge in [-0.1, -0.05) is 37.5 Å². The third kappa shape index (κ3) is 3.42. The molecule has 7 heteroatoms. The monoisotopic (exact) mass is 506 g/mol. The number of ether oxygens (including phenoxy) is 2. The molecule has 2 saturated heterocycles. The number of allylic oxidation sites excluding steroid dienone is 2. The molecule has 196 valence electrons. The van der Waals surface area contributed by atoms with Crippen LogP contribution in [-0.2, 0) is 28.7 Å². The molecule has 4 aliphatic carbocycles. The molecule has 37 heavy (non-hydrogen) atoms. The van der Waals surface area contributed by atoms with Crippen LogP contribution in [0.3, 0.4) is 0 Å². The zero-order valence-corrected chi connectivity index (χ0v) is 21.1. The van der Waals surface area contributed by atoms with Gasteiger partial charge < -0.3 is 14.6 Å². The van der Waals surface area contributed by atoms with Gasteiger partial charge in [0.2, 0.25) is 0 Å². The molecule has 4 saturated carbocycles. The molecule has 0 spiro atoms. The van der Waals surface area contributed by atoms with Crippen molar-refractivity contribution in [2.24, 2.45) is 41.4 Å². The number of ketones is 2. The fraction of sp³-hybridized carbons (Fsp3) is 0.600. The molecular formula is C30H34O7. The number of Topliss-reactive ketones (excluding diaryl/α,β-unsaturated/α-hetero) is 2. The van der Waals surface area contributed by atoms with Crippen molar-refractivity contribution in [1.29, 1.82) is 0 Å². The van der Waals surface area contributed by atoms with Crippen molar-refractivity contribution in [2.45, 2.75) is 69.2 Å². The van der Waals surface area contributed by atoms with Crippen LogP contribution in [0.25, 0.3) is 0 Å². The van der Waals surface area contributed by atoms with Gasteiger partial charge in [0, 0.05) is 53.6 Å². The van der Waals surface area contributed by atoms with E-state index < -0.39 is 41.6 Å². The summed E-state index contributed by atoms with van der Waals surface area (Å²) in [5.74, 6) is -3.21. The SMILES string of the molecule is C=C1C(=O)O[C@@H]2[C@H]3C(CC[C@@]4(O)C(=O)C[C@H]5C(=C)CC[C@H]6C(=C)C(=O)O[C@@H]6[C@H]54)C(=O)C[C@H]3C(=C)CC[C@@H]12. The van der Waals surface area contributed by atoms with E-state index in [-0.39, 0.29) is 60.4 Å². The maximum absolute atomic E-state index is 13.4. The molecule has 0 bridgehead atoms. The number of carbonyl (C=O) groups is 4. The molecule has 6 aliphatic rings. The first kappa shape index (κ1) is 24.5. The van der Waals surface area contributed by atoms with Crippen molar-refractivity contribution in [3.05, 3.63) is 48.6 Å². The number of hydrogen-bond donors (Lipinski definition) is 1. The predicted molar refractivity (Wildman–Crippen MR) is 133 cm³/mol. The van der Waals surface area contributed by atoms with E-state index in [1.54, 1.807) is 0 Å². The average Bonchev–Trinajstić information content (AvgIpc) is 3.45. The molecule has 0 aromatic heterocycles. The van der Waals surface area contributed by atoms with Crippen LogP contribution in [-0.4, -0.2) is 46.4 Å². The second kappa shape index (κ2) is 8.35. The number of aliphatic hydroxyl groups is 1. The lowest BCUT2D eigenvalue weighted by Gasteiger charge is -2.37. The van der Waals surface area contributed by atoms with Crippen molar-refractivity contribution in [2.75, 3.05) is 0 Å². The minimum absolute atomic E-state index is 0.0554. The topological polar surface area (TPSA) is 107 Å². The Morgan fingerprint density at radius 2 is 1.35 bits per heavy atom. The van der Waals surface area contributed by atoms with Gasteiger partial charge in [0.05, 0.1) is 0 Å². The highest BCUT2D eigenvalue weighted by molar-refractivity contribution is 5.94. The Kier molecular flexibility index (Phi) is 5.54. The van der Waals surface area contributed by atoms with E-state index in [1.807, 2.05) is 0 Å². The lowest BCUT2D eigenvalue weighted by Crippen LogP contribution is -2.48. The number of esters is 2. The fourth-order valence-corrected chi connectivity index (χ4v) is 8.49. The first-order chi connectivity index (χ1) is 17.5. The third-order valence-corrected chi connectivity index (χ3v) is 10.5. The second-order valence-corrected chi connectivity index (χ2v) is 12.1. The summed E-state index contributed by atoms with van der Waals surface area (Å²) >= 11 is 0. The van der Waals surface area contributed by atoms with Crippen LogP contribution < -0.4 is 0 Å². The van der Waals surface area contributed by atoms with Gasteiger partial charge in [-0.15, -0.1) is 0 Å². The highest BCUT2D eigenvalue weighted by atomic mass is 16.6. The zero-order chi connectivity index (χ0) is 26.4. The van der Waals surface area contributed by atoms with Crippen LogP contribution >= 0.6 is 0 Å². The first-order valence-electron chi connectivity index (χ1n) is 13.5. The van der Waals surface area contributed by atoms with Gasteiger partial charge in [0.1, 0.15) is 23.6 Å². The van der Waals surface area contributed by atoms with E-state index in [2.05, 4.69) is 26.3 Å². The standard InChI is InChI=1S/C30H34O7/c1-13-5-7-17-15(3)28(33)36-26(17)24-19(22(31)11-20(13)24)9-10-30(35)23(32)12-21-14(2)6-8-18-16(4)29(34)37-27(18)25(21)30/h17-21,24-27,35H,1-12H2/t17-,18-,19?,20-,21-,24-,25-,26-,27-,30+/m0/s1. The molecular weight excluding hydrogens is 472 g/mol. The minimum Gasteiger partial charge on any atom is -0.458 e. The van der Waals surface area contributed by atoms with E-state index in [4.69, 9.17) is 9.47 Å². The lowest BCUT2D eigenvalue weighted by atomic mass is 9.71. The van der Waals surface area contributed by atoms with E-state index in [0.29, 0.717) is 43.3 Å². The van der Waals surface area contributed by atoms with Gasteiger partial charge in [0.15, 0.2) is 5.78 Å². The normalized spacial score (nSPS) is 45.2. The molecule has 2 heterocycles. The van der Waals surface area contributed by atoms with Crippen molar-refractivity contribution < 1.29 is 33.8 Å². The summed E-state index contributed by atoms with van der Waals surface area (Å²) in [5.41, 5.74) is 0.995. The molecule has 0 aromatic rings. The fourth-order valence-electron chi connectivity index (χ4n) is 8.49. The molecule has 7 nitrogen and oxygen atoms in total. The third-order valence-electron chi connectivity index (χ3n) is 10.5. The van der Waals surface area contributed by atoms with E-state index in [1.165, 1.54) is 0 Å². The summed E-state index contributed by atoms with van der Waals surface area (Å²) in [5, 5.41) is 12.0. The highest BCUT2D eigenvalue weighted by Crippen LogP contribution is 2.56. The molecule has 0 amide bonds. The van der Waals surface area contributed by atoms with Gasteiger partial charge >= 0.3 is 11.9 Å². The van der Waals surface area contributed by atoms with E-state index in [9.17, 15) is 24.3 Å². The smallest absolute Gasteiger partial charge is 0.334 e. The second-order valence-electron chi connectivity index (χ2n) is 12.1.